The summed E-state index contributed by atoms with van der Waals surface area (Å²) in [6.07, 6.45) is 3.61. The Labute approximate surface area is 886 Å². The molecule has 8 aliphatic heterocycles. The number of nitrogens with zero attached hydrogens (tertiary/aromatic N) is 10. The van der Waals surface area contributed by atoms with Crippen LogP contribution in [0.4, 0.5) is 53.5 Å². The van der Waals surface area contributed by atoms with Crippen molar-refractivity contribution in [1.29, 1.82) is 0 Å². The molecule has 0 saturated carbocycles. The van der Waals surface area contributed by atoms with Crippen LogP contribution in [0.15, 0.2) is 169 Å². The third kappa shape index (κ3) is 28.2. The number of primary amides is 2. The topological polar surface area (TPSA) is 323 Å². The molecule has 0 aliphatic carbocycles. The molecule has 6 amide bonds. The van der Waals surface area contributed by atoms with Gasteiger partial charge in [0.2, 0.25) is 31.9 Å². The number of likely N-dealkylation sites (tertiary alicyclic amines) is 2. The van der Waals surface area contributed by atoms with Crippen LogP contribution in [-0.2, 0) is 46.6 Å². The SMILES string of the molecule is CCOc1cccc([C@@](O)(C(=O)N2CCC(CC3CCN(c4ccc(C(N)=O)c(Cl)c4)CC3)CC2)C(F)(F)F)c1.COc1cccc(CS(=O)(=O)N2CC(CC3CCN(c4ccc(C(=O)N(C)C)c(Cl)c4)CC3)C2)c1.COc1cccc(S(=O)(=O)N2CC(CC3CCN(c4ccc(C(=O)N(C)C)c(Cl)c4)CC3)C2)c1.NC(=O)c1ccc(N2CCC(CC3CCN(C(=O)C(O)(c4cc(F)cc(Cl)c4)C(F)(F)F)CC3)CC2)cc1Cl. The lowest BCUT2D eigenvalue weighted by atomic mass is 9.82. The number of sulfonamides is 2. The van der Waals surface area contributed by atoms with E-state index in [1.807, 2.05) is 54.6 Å². The van der Waals surface area contributed by atoms with Crippen molar-refractivity contribution in [2.75, 3.05) is 173 Å². The maximum absolute atomic E-state index is 14.2. The van der Waals surface area contributed by atoms with Gasteiger partial charge in [0.1, 0.15) is 23.1 Å². The van der Waals surface area contributed by atoms with Gasteiger partial charge in [-0.15, -0.1) is 0 Å². The number of hydrogen-bond donors (Lipinski definition) is 4. The molecule has 8 heterocycles. The van der Waals surface area contributed by atoms with Gasteiger partial charge in [0.05, 0.1) is 73.8 Å². The van der Waals surface area contributed by atoms with Gasteiger partial charge in [0.15, 0.2) is 0 Å². The average molecular weight is 2200 g/mol. The van der Waals surface area contributed by atoms with E-state index >= 15 is 0 Å². The molecule has 8 aromatic rings. The molecule has 0 bridgehead atoms. The Morgan fingerprint density at radius 2 is 0.730 bits per heavy atom. The standard InChI is InChI=1S/C29H35ClF3N3O4.C27H29Cl2F4N3O3.C26H34ClN3O4S.C25H32ClN3O4S/c1-2-40-23-5-3-4-21(17-23)28(39,29(31,32)33)27(38)36-14-10-20(11-15-36)16-19-8-12-35(13-9-19)22-6-7-24(26(34)37)25(30)18-22;28-19-12-18(13-20(30)14-19)26(39,27(31,32)33)25(38)36-9-5-17(6-10-36)11-16-3-7-35(8-4-16)21-1-2-22(24(34)37)23(29)15-21;1-28(2)26(31)24-8-7-22(15-25(24)27)29-11-9-19(10-12-29)13-21-16-30(17-21)35(32,33)18-20-5-4-6-23(14-20)34-3;1-27(2)25(30)23-8-7-20(14-24(23)26)28-11-9-18(10-12-28)13-19-16-29(17-19)34(31,32)22-6-4-5-21(15-22)33-3/h3-7,17-20,39H,2,8-16H2,1H3,(H2,34,37);1-2,12-17,39H,3-11H2,(H2,34,37);4-8,14-15,19,21H,9-13,16-18H2,1-3H3;4-8,14-15,18-19H,9-13,16-17H2,1-3H3/t28-;;;/m1.../s1. The zero-order valence-electron chi connectivity index (χ0n) is 83.9. The van der Waals surface area contributed by atoms with Gasteiger partial charge < -0.3 is 75.1 Å². The minimum absolute atomic E-state index is 0.0107. The van der Waals surface area contributed by atoms with Crippen molar-refractivity contribution < 1.29 is 101 Å². The lowest BCUT2D eigenvalue weighted by molar-refractivity contribution is -0.263. The molecule has 27 nitrogen and oxygen atoms in total. The van der Waals surface area contributed by atoms with Gasteiger partial charge in [-0.1, -0.05) is 88.3 Å². The molecule has 0 radical (unpaired) electrons. The van der Waals surface area contributed by atoms with Crippen LogP contribution in [0.25, 0.3) is 0 Å². The number of piperidine rings is 6. The van der Waals surface area contributed by atoms with Crippen LogP contribution in [0.3, 0.4) is 0 Å². The van der Waals surface area contributed by atoms with Crippen molar-refractivity contribution in [1.82, 2.24) is 28.2 Å². The molecule has 1 unspecified atom stereocenters. The van der Waals surface area contributed by atoms with Crippen molar-refractivity contribution >= 4 is 136 Å². The average Bonchev–Trinajstić information content (AvgIpc) is 0.751. The van der Waals surface area contributed by atoms with Crippen molar-refractivity contribution in [2.45, 2.75) is 144 Å². The quantitative estimate of drug-likeness (QED) is 0.0316. The first kappa shape index (κ1) is 115. The number of amides is 6. The molecule has 8 fully saturated rings. The Morgan fingerprint density at radius 3 is 1.07 bits per heavy atom. The summed E-state index contributed by atoms with van der Waals surface area (Å²) < 4.78 is 168. The van der Waals surface area contributed by atoms with Crippen LogP contribution >= 0.6 is 58.0 Å². The fraction of sp³-hybridized carbons (Fsp3) is 0.495. The molecule has 8 aromatic carbocycles. The number of methoxy groups -OCH3 is 2. The Bertz CT molecular complexity index is 6210. The van der Waals surface area contributed by atoms with Crippen molar-refractivity contribution in [2.24, 2.45) is 58.8 Å². The highest BCUT2D eigenvalue weighted by atomic mass is 35.5. The highest BCUT2D eigenvalue weighted by Crippen LogP contribution is 2.47. The maximum atomic E-state index is 14.2. The highest BCUT2D eigenvalue weighted by molar-refractivity contribution is 7.89. The Kier molecular flexibility index (Phi) is 38.8. The number of carbonyl (C=O) groups is 6. The normalized spacial score (nSPS) is 18.5. The van der Waals surface area contributed by atoms with E-state index < -0.39 is 84.2 Å². The van der Waals surface area contributed by atoms with E-state index in [1.165, 1.54) is 29.0 Å². The number of nitrogens with two attached hydrogens (primary N) is 2. The van der Waals surface area contributed by atoms with Gasteiger partial charge in [-0.05, 0) is 290 Å². The summed E-state index contributed by atoms with van der Waals surface area (Å²) in [5.41, 5.74) is 7.90. The number of rotatable bonds is 29. The third-order valence-corrected chi connectivity index (χ3v) is 34.8. The second-order valence-electron chi connectivity index (χ2n) is 40.1. The first-order valence-corrected chi connectivity index (χ1v) is 54.8. The number of benzene rings is 8. The number of anilines is 4. The third-order valence-electron chi connectivity index (χ3n) is 29.7. The van der Waals surface area contributed by atoms with Gasteiger partial charge >= 0.3 is 12.4 Å². The van der Waals surface area contributed by atoms with E-state index in [4.69, 9.17) is 83.7 Å². The van der Waals surface area contributed by atoms with E-state index in [9.17, 15) is 86.5 Å². The van der Waals surface area contributed by atoms with Crippen LogP contribution in [0, 0.1) is 53.2 Å². The summed E-state index contributed by atoms with van der Waals surface area (Å²) in [5, 5.41) is 22.7. The first-order chi connectivity index (χ1) is 70.1. The summed E-state index contributed by atoms with van der Waals surface area (Å²) in [6, 6.07) is 42.7. The largest absolute Gasteiger partial charge is 0.497 e. The molecule has 2 atom stereocenters. The number of ether oxygens (including phenoxy) is 3. The molecule has 148 heavy (non-hydrogen) atoms. The highest BCUT2D eigenvalue weighted by Gasteiger charge is 2.64. The zero-order chi connectivity index (χ0) is 107. The summed E-state index contributed by atoms with van der Waals surface area (Å²) in [5.74, 6) is -0.458. The maximum Gasteiger partial charge on any atom is 0.430 e. The van der Waals surface area contributed by atoms with E-state index in [1.54, 1.807) is 118 Å². The summed E-state index contributed by atoms with van der Waals surface area (Å²) in [4.78, 5) is 87.9. The van der Waals surface area contributed by atoms with Gasteiger partial charge in [-0.25, -0.2) is 25.5 Å². The Morgan fingerprint density at radius 1 is 0.399 bits per heavy atom. The predicted molar refractivity (Wildman–Crippen MR) is 561 cm³/mol. The van der Waals surface area contributed by atoms with Crippen LogP contribution in [0.1, 0.15) is 168 Å². The first-order valence-electron chi connectivity index (χ1n) is 49.9. The van der Waals surface area contributed by atoms with Crippen molar-refractivity contribution in [3.63, 3.8) is 0 Å². The lowest BCUT2D eigenvalue weighted by Gasteiger charge is -2.41. The molecule has 804 valence electrons. The second-order valence-corrected chi connectivity index (χ2v) is 46.1. The number of alkyl halides is 6. The Balaban J connectivity index is 0.000000165. The number of halogens is 12. The monoisotopic (exact) mass is 2190 g/mol. The molecule has 8 saturated heterocycles. The van der Waals surface area contributed by atoms with E-state index in [-0.39, 0.29) is 83.1 Å². The van der Waals surface area contributed by atoms with Gasteiger partial charge in [-0.3, -0.25) is 28.8 Å². The molecule has 8 aliphatic rings. The predicted octanol–water partition coefficient (Wildman–Crippen LogP) is 18.8. The van der Waals surface area contributed by atoms with Crippen LogP contribution in [-0.4, -0.2) is 257 Å². The van der Waals surface area contributed by atoms with Crippen LogP contribution < -0.4 is 45.3 Å². The van der Waals surface area contributed by atoms with E-state index in [0.717, 1.165) is 192 Å². The zero-order valence-corrected chi connectivity index (χ0v) is 89.3. The Hall–Kier alpha value is -10.1. The molecule has 16 rings (SSSR count). The summed E-state index contributed by atoms with van der Waals surface area (Å²) in [6.45, 7) is 11.8. The lowest BCUT2D eigenvalue weighted by Crippen LogP contribution is -2.57. The van der Waals surface area contributed by atoms with Crippen LogP contribution in [0.5, 0.6) is 17.2 Å². The molecule has 0 spiro atoms. The summed E-state index contributed by atoms with van der Waals surface area (Å²) in [7, 11) is 3.20. The molecule has 0 aromatic heterocycles. The molecular weight excluding hydrogens is 2070 g/mol. The minimum Gasteiger partial charge on any atom is -0.497 e. The molecule has 41 heteroatoms. The van der Waals surface area contributed by atoms with E-state index in [0.29, 0.717) is 142 Å². The minimum atomic E-state index is -5.36. The summed E-state index contributed by atoms with van der Waals surface area (Å²) >= 11 is 30.9. The molecular formula is C107H130Cl5F7N12O15S2. The van der Waals surface area contributed by atoms with Crippen molar-refractivity contribution in [3.05, 3.63) is 234 Å². The van der Waals surface area contributed by atoms with Gasteiger partial charge in [-0.2, -0.15) is 30.6 Å². The smallest absolute Gasteiger partial charge is 0.430 e. The van der Waals surface area contributed by atoms with E-state index in [2.05, 4.69) is 19.6 Å². The van der Waals surface area contributed by atoms with Crippen molar-refractivity contribution in [3.8, 4) is 17.2 Å². The number of carbonyl (C=O) groups excluding carboxylic acids is 6. The molecule has 6 N–H and O–H groups in total. The second kappa shape index (κ2) is 50.0. The van der Waals surface area contributed by atoms with Gasteiger partial charge in [0.25, 0.3) is 34.8 Å². The fourth-order valence-corrected chi connectivity index (χ4v) is 25.7. The van der Waals surface area contributed by atoms with Crippen LogP contribution in [0.2, 0.25) is 25.1 Å². The number of hydrogen-bond acceptors (Lipinski definition) is 19. The fourth-order valence-electron chi connectivity index (χ4n) is 21.1. The number of aliphatic hydroxyl groups is 2. The van der Waals surface area contributed by atoms with Gasteiger partial charge in [0, 0.05) is 178 Å².